The lowest BCUT2D eigenvalue weighted by molar-refractivity contribution is -0.121. The number of carbonyl (C=O) groups excluding carboxylic acids is 2. The molecule has 0 aliphatic carbocycles. The van der Waals surface area contributed by atoms with Crippen LogP contribution < -0.4 is 5.73 Å². The van der Waals surface area contributed by atoms with Crippen LogP contribution >= 0.6 is 0 Å². The van der Waals surface area contributed by atoms with Gasteiger partial charge < -0.3 is 10.6 Å². The summed E-state index contributed by atoms with van der Waals surface area (Å²) in [6, 6.07) is 11.6. The van der Waals surface area contributed by atoms with E-state index >= 15 is 0 Å². The largest absolute Gasteiger partial charge is 0.368 e. The molecule has 1 saturated heterocycles. The highest BCUT2D eigenvalue weighted by atomic mass is 19.1. The Labute approximate surface area is 140 Å². The van der Waals surface area contributed by atoms with E-state index in [1.165, 1.54) is 17.0 Å². The van der Waals surface area contributed by atoms with E-state index in [-0.39, 0.29) is 5.56 Å². The van der Waals surface area contributed by atoms with Crippen LogP contribution in [0.1, 0.15) is 28.8 Å². The molecule has 1 heterocycles. The van der Waals surface area contributed by atoms with Gasteiger partial charge in [0.15, 0.2) is 0 Å². The van der Waals surface area contributed by atoms with Crippen molar-refractivity contribution in [2.24, 2.45) is 5.73 Å². The van der Waals surface area contributed by atoms with Crippen molar-refractivity contribution in [3.8, 4) is 11.1 Å². The fraction of sp³-hybridized carbons (Fsp3) is 0.263. The quantitative estimate of drug-likeness (QED) is 0.942. The molecule has 4 nitrogen and oxygen atoms in total. The molecule has 2 N–H and O–H groups in total. The van der Waals surface area contributed by atoms with Crippen LogP contribution in [0.4, 0.5) is 4.39 Å². The van der Waals surface area contributed by atoms with Gasteiger partial charge in [0.25, 0.3) is 5.91 Å². The third kappa shape index (κ3) is 3.02. The van der Waals surface area contributed by atoms with Crippen LogP contribution in [0.15, 0.2) is 42.5 Å². The molecule has 0 bridgehead atoms. The summed E-state index contributed by atoms with van der Waals surface area (Å²) in [6.45, 7) is 2.41. The maximum Gasteiger partial charge on any atom is 0.257 e. The van der Waals surface area contributed by atoms with Gasteiger partial charge in [-0.15, -0.1) is 0 Å². The molecule has 1 aliphatic rings. The van der Waals surface area contributed by atoms with Gasteiger partial charge in [0.05, 0.1) is 5.56 Å². The number of likely N-dealkylation sites (tertiary alicyclic amines) is 1. The fourth-order valence-electron chi connectivity index (χ4n) is 3.07. The molecule has 1 aliphatic heterocycles. The lowest BCUT2D eigenvalue weighted by Crippen LogP contribution is -2.43. The number of nitrogens with two attached hydrogens (primary N) is 1. The zero-order valence-corrected chi connectivity index (χ0v) is 13.5. The van der Waals surface area contributed by atoms with Crippen molar-refractivity contribution in [2.45, 2.75) is 25.8 Å². The third-order valence-electron chi connectivity index (χ3n) is 4.43. The van der Waals surface area contributed by atoms with E-state index in [0.717, 1.165) is 11.1 Å². The summed E-state index contributed by atoms with van der Waals surface area (Å²) in [5.74, 6) is -1.62. The normalized spacial score (nSPS) is 17.1. The molecule has 124 valence electrons. The SMILES string of the molecule is Cc1ccc(-c2ccc(C(=O)N3CCCC3C(N)=O)c(F)c2)cc1. The van der Waals surface area contributed by atoms with E-state index in [0.29, 0.717) is 24.9 Å². The van der Waals surface area contributed by atoms with Crippen molar-refractivity contribution in [2.75, 3.05) is 6.54 Å². The Hall–Kier alpha value is -2.69. The molecule has 0 radical (unpaired) electrons. The smallest absolute Gasteiger partial charge is 0.257 e. The second-order valence-corrected chi connectivity index (χ2v) is 6.12. The first-order valence-electron chi connectivity index (χ1n) is 7.94. The van der Waals surface area contributed by atoms with Crippen molar-refractivity contribution in [3.63, 3.8) is 0 Å². The molecule has 0 saturated carbocycles. The van der Waals surface area contributed by atoms with Gasteiger partial charge in [-0.2, -0.15) is 0 Å². The van der Waals surface area contributed by atoms with Gasteiger partial charge in [-0.25, -0.2) is 4.39 Å². The molecule has 3 rings (SSSR count). The monoisotopic (exact) mass is 326 g/mol. The third-order valence-corrected chi connectivity index (χ3v) is 4.43. The predicted molar refractivity (Wildman–Crippen MR) is 89.8 cm³/mol. The Bertz CT molecular complexity index is 786. The molecule has 5 heteroatoms. The molecule has 24 heavy (non-hydrogen) atoms. The molecule has 0 aromatic heterocycles. The van der Waals surface area contributed by atoms with Crippen LogP contribution in [0.2, 0.25) is 0 Å². The standard InChI is InChI=1S/C19H19FN2O2/c1-12-4-6-13(7-5-12)14-8-9-15(16(20)11-14)19(24)22-10-2-3-17(22)18(21)23/h4-9,11,17H,2-3,10H2,1H3,(H2,21,23). The van der Waals surface area contributed by atoms with Crippen molar-refractivity contribution < 1.29 is 14.0 Å². The van der Waals surface area contributed by atoms with Crippen LogP contribution in [0.3, 0.4) is 0 Å². The van der Waals surface area contributed by atoms with Crippen molar-refractivity contribution >= 4 is 11.8 Å². The molecule has 1 fully saturated rings. The van der Waals surface area contributed by atoms with E-state index in [2.05, 4.69) is 0 Å². The summed E-state index contributed by atoms with van der Waals surface area (Å²) in [6.07, 6.45) is 1.23. The van der Waals surface area contributed by atoms with E-state index in [9.17, 15) is 14.0 Å². The molecule has 2 amide bonds. The zero-order chi connectivity index (χ0) is 17.3. The van der Waals surface area contributed by atoms with Gasteiger partial charge in [-0.05, 0) is 43.0 Å². The number of primary amides is 1. The molecule has 1 unspecified atom stereocenters. The Balaban J connectivity index is 1.88. The van der Waals surface area contributed by atoms with Gasteiger partial charge in [0.2, 0.25) is 5.91 Å². The lowest BCUT2D eigenvalue weighted by atomic mass is 10.0. The highest BCUT2D eigenvalue weighted by Crippen LogP contribution is 2.25. The fourth-order valence-corrected chi connectivity index (χ4v) is 3.07. The van der Waals surface area contributed by atoms with Gasteiger partial charge >= 0.3 is 0 Å². The van der Waals surface area contributed by atoms with Gasteiger partial charge in [0.1, 0.15) is 11.9 Å². The second kappa shape index (κ2) is 6.43. The van der Waals surface area contributed by atoms with Crippen LogP contribution in [-0.2, 0) is 4.79 Å². The average Bonchev–Trinajstić information content (AvgIpc) is 3.05. The van der Waals surface area contributed by atoms with Crippen LogP contribution in [-0.4, -0.2) is 29.3 Å². The van der Waals surface area contributed by atoms with E-state index < -0.39 is 23.7 Å². The summed E-state index contributed by atoms with van der Waals surface area (Å²) < 4.78 is 14.5. The summed E-state index contributed by atoms with van der Waals surface area (Å²) in [5.41, 5.74) is 8.01. The highest BCUT2D eigenvalue weighted by molar-refractivity contribution is 5.98. The van der Waals surface area contributed by atoms with Gasteiger partial charge in [-0.3, -0.25) is 9.59 Å². The Morgan fingerprint density at radius 3 is 2.42 bits per heavy atom. The summed E-state index contributed by atoms with van der Waals surface area (Å²) in [5, 5.41) is 0. The molecule has 2 aromatic carbocycles. The average molecular weight is 326 g/mol. The van der Waals surface area contributed by atoms with Gasteiger partial charge in [0, 0.05) is 6.54 Å². The Morgan fingerprint density at radius 1 is 1.12 bits per heavy atom. The number of carbonyl (C=O) groups is 2. The van der Waals surface area contributed by atoms with E-state index in [1.807, 2.05) is 31.2 Å². The minimum absolute atomic E-state index is 0.0287. The van der Waals surface area contributed by atoms with E-state index in [1.54, 1.807) is 6.07 Å². The van der Waals surface area contributed by atoms with Crippen molar-refractivity contribution in [1.82, 2.24) is 4.90 Å². The summed E-state index contributed by atoms with van der Waals surface area (Å²) >= 11 is 0. The highest BCUT2D eigenvalue weighted by Gasteiger charge is 2.34. The number of amides is 2. The molecule has 0 spiro atoms. The number of hydrogen-bond acceptors (Lipinski definition) is 2. The summed E-state index contributed by atoms with van der Waals surface area (Å²) in [4.78, 5) is 25.4. The number of hydrogen-bond donors (Lipinski definition) is 1. The molecule has 1 atom stereocenters. The minimum Gasteiger partial charge on any atom is -0.368 e. The van der Waals surface area contributed by atoms with Crippen LogP contribution in [0, 0.1) is 12.7 Å². The zero-order valence-electron chi connectivity index (χ0n) is 13.5. The Kier molecular flexibility index (Phi) is 4.34. The molecule has 2 aromatic rings. The van der Waals surface area contributed by atoms with Crippen LogP contribution in [0.5, 0.6) is 0 Å². The molecular weight excluding hydrogens is 307 g/mol. The number of nitrogens with zero attached hydrogens (tertiary/aromatic N) is 1. The maximum absolute atomic E-state index is 14.5. The predicted octanol–water partition coefficient (Wildman–Crippen LogP) is 2.89. The topological polar surface area (TPSA) is 63.4 Å². The maximum atomic E-state index is 14.5. The minimum atomic E-state index is -0.645. The first-order valence-corrected chi connectivity index (χ1v) is 7.94. The number of halogens is 1. The first kappa shape index (κ1) is 16.2. The summed E-state index contributed by atoms with van der Waals surface area (Å²) in [7, 11) is 0. The van der Waals surface area contributed by atoms with Gasteiger partial charge in [-0.1, -0.05) is 35.9 Å². The second-order valence-electron chi connectivity index (χ2n) is 6.12. The number of rotatable bonds is 3. The Morgan fingerprint density at radius 2 is 1.79 bits per heavy atom. The molecular formula is C19H19FN2O2. The first-order chi connectivity index (χ1) is 11.5. The van der Waals surface area contributed by atoms with Crippen molar-refractivity contribution in [1.29, 1.82) is 0 Å². The number of benzene rings is 2. The van der Waals surface area contributed by atoms with Crippen molar-refractivity contribution in [3.05, 3.63) is 59.4 Å². The lowest BCUT2D eigenvalue weighted by Gasteiger charge is -2.22. The van der Waals surface area contributed by atoms with Crippen LogP contribution in [0.25, 0.3) is 11.1 Å². The number of aryl methyl sites for hydroxylation is 1. The van der Waals surface area contributed by atoms with E-state index in [4.69, 9.17) is 5.73 Å².